The third-order valence-corrected chi connectivity index (χ3v) is 5.46. The van der Waals surface area contributed by atoms with E-state index in [2.05, 4.69) is 66.5 Å². The molecule has 3 N–H and O–H groups in total. The van der Waals surface area contributed by atoms with Crippen LogP contribution in [0.25, 0.3) is 0 Å². The maximum atomic E-state index is 5.87. The van der Waals surface area contributed by atoms with Crippen LogP contribution in [0.5, 0.6) is 0 Å². The Morgan fingerprint density at radius 2 is 1.32 bits per heavy atom. The normalized spacial score (nSPS) is 10.2. The van der Waals surface area contributed by atoms with Gasteiger partial charge in [-0.15, -0.1) is 0 Å². The van der Waals surface area contributed by atoms with E-state index in [1.165, 1.54) is 48.9 Å². The fourth-order valence-electron chi connectivity index (χ4n) is 3.21. The van der Waals surface area contributed by atoms with Crippen LogP contribution in [-0.4, -0.2) is 13.1 Å². The largest absolute Gasteiger partial charge is 0.381 e. The molecule has 0 saturated carbocycles. The predicted molar refractivity (Wildman–Crippen MR) is 139 cm³/mol. The monoisotopic (exact) mass is 435 g/mol. The number of rotatable bonds is 11. The third-order valence-electron chi connectivity index (χ3n) is 4.95. The molecule has 0 unspecified atom stereocenters. The van der Waals surface area contributed by atoms with Crippen molar-refractivity contribution in [2.45, 2.75) is 51.0 Å². The van der Waals surface area contributed by atoms with Gasteiger partial charge in [0.2, 0.25) is 0 Å². The lowest BCUT2D eigenvalue weighted by Gasteiger charge is -2.26. The fraction of sp³-hybridized carbons (Fsp3) is 0.333. The molecule has 0 spiro atoms. The minimum absolute atomic E-state index is 0.806. The molecular formula is C27H37N3S. The number of para-hydroxylation sites is 1. The van der Waals surface area contributed by atoms with Gasteiger partial charge in [0.05, 0.1) is 0 Å². The van der Waals surface area contributed by atoms with E-state index in [4.69, 9.17) is 5.14 Å². The Kier molecular flexibility index (Phi) is 12.3. The summed E-state index contributed by atoms with van der Waals surface area (Å²) >= 11 is 1.33. The minimum atomic E-state index is 0.806. The molecule has 0 heterocycles. The first-order valence-corrected chi connectivity index (χ1v) is 12.2. The van der Waals surface area contributed by atoms with E-state index in [1.807, 2.05) is 42.5 Å². The Balaban J connectivity index is 0.000000488. The molecular weight excluding hydrogens is 398 g/mol. The number of hydrogen-bond acceptors (Lipinski definition) is 4. The lowest BCUT2D eigenvalue weighted by Crippen LogP contribution is -2.25. The van der Waals surface area contributed by atoms with E-state index in [0.717, 1.165) is 30.2 Å². The standard InChI is InChI=1S/C21H31N3S.C6H6/c1-3-5-12-24(13-6-4-2)20-14-18(15-21(16-20)25-22)17-23-19-10-8-7-9-11-19;1-2-4-6-5-3-1/h7-11,14-16,23H,3-6,12-13,17,22H2,1-2H3;1-6H. The van der Waals surface area contributed by atoms with Crippen molar-refractivity contribution in [3.8, 4) is 0 Å². The average molecular weight is 436 g/mol. The summed E-state index contributed by atoms with van der Waals surface area (Å²) in [4.78, 5) is 3.64. The second-order valence-electron chi connectivity index (χ2n) is 7.52. The fourth-order valence-corrected chi connectivity index (χ4v) is 3.62. The van der Waals surface area contributed by atoms with E-state index in [-0.39, 0.29) is 0 Å². The summed E-state index contributed by atoms with van der Waals surface area (Å²) in [6.45, 7) is 7.53. The second kappa shape index (κ2) is 15.4. The van der Waals surface area contributed by atoms with E-state index < -0.39 is 0 Å². The Morgan fingerprint density at radius 1 is 0.774 bits per heavy atom. The molecule has 0 saturated heterocycles. The summed E-state index contributed by atoms with van der Waals surface area (Å²) in [5.41, 5.74) is 3.71. The molecule has 0 aliphatic carbocycles. The van der Waals surface area contributed by atoms with Crippen molar-refractivity contribution in [2.75, 3.05) is 23.3 Å². The van der Waals surface area contributed by atoms with Crippen LogP contribution < -0.4 is 15.4 Å². The molecule has 4 heteroatoms. The van der Waals surface area contributed by atoms with Gasteiger partial charge in [-0.1, -0.05) is 81.3 Å². The number of benzene rings is 3. The van der Waals surface area contributed by atoms with Crippen LogP contribution in [0, 0.1) is 0 Å². The van der Waals surface area contributed by atoms with E-state index >= 15 is 0 Å². The summed E-state index contributed by atoms with van der Waals surface area (Å²) in [6.07, 6.45) is 4.88. The van der Waals surface area contributed by atoms with Gasteiger partial charge in [-0.05, 0) is 60.7 Å². The molecule has 0 aliphatic heterocycles. The molecule has 0 atom stereocenters. The van der Waals surface area contributed by atoms with Crippen LogP contribution in [0.2, 0.25) is 0 Å². The lowest BCUT2D eigenvalue weighted by atomic mass is 10.1. The van der Waals surface area contributed by atoms with Crippen LogP contribution in [-0.2, 0) is 6.54 Å². The molecule has 0 fully saturated rings. The van der Waals surface area contributed by atoms with Gasteiger partial charge in [0.1, 0.15) is 0 Å². The van der Waals surface area contributed by atoms with E-state index in [1.54, 1.807) is 0 Å². The number of hydrogen-bond donors (Lipinski definition) is 2. The molecule has 0 aliphatic rings. The van der Waals surface area contributed by atoms with Crippen molar-refractivity contribution < 1.29 is 0 Å². The zero-order valence-electron chi connectivity index (χ0n) is 19.0. The minimum Gasteiger partial charge on any atom is -0.381 e. The van der Waals surface area contributed by atoms with Gasteiger partial charge in [0.25, 0.3) is 0 Å². The highest BCUT2D eigenvalue weighted by atomic mass is 32.2. The van der Waals surface area contributed by atoms with Gasteiger partial charge in [-0.25, -0.2) is 0 Å². The Morgan fingerprint density at radius 3 is 1.84 bits per heavy atom. The highest BCUT2D eigenvalue weighted by Crippen LogP contribution is 2.25. The number of unbranched alkanes of at least 4 members (excludes halogenated alkanes) is 2. The summed E-state index contributed by atoms with van der Waals surface area (Å²) in [5.74, 6) is 0. The molecule has 3 aromatic carbocycles. The molecule has 166 valence electrons. The maximum absolute atomic E-state index is 5.87. The van der Waals surface area contributed by atoms with Gasteiger partial charge in [0, 0.05) is 35.9 Å². The highest BCUT2D eigenvalue weighted by Gasteiger charge is 2.09. The van der Waals surface area contributed by atoms with Crippen LogP contribution in [0.1, 0.15) is 45.1 Å². The first-order chi connectivity index (χ1) is 15.3. The third kappa shape index (κ3) is 9.95. The average Bonchev–Trinajstić information content (AvgIpc) is 2.85. The van der Waals surface area contributed by atoms with E-state index in [9.17, 15) is 0 Å². The van der Waals surface area contributed by atoms with Crippen molar-refractivity contribution in [2.24, 2.45) is 5.14 Å². The van der Waals surface area contributed by atoms with Gasteiger partial charge in [-0.2, -0.15) is 0 Å². The van der Waals surface area contributed by atoms with Crippen LogP contribution in [0.4, 0.5) is 11.4 Å². The summed E-state index contributed by atoms with van der Waals surface area (Å²) < 4.78 is 0. The molecule has 3 aromatic rings. The molecule has 0 radical (unpaired) electrons. The topological polar surface area (TPSA) is 41.3 Å². The molecule has 3 rings (SSSR count). The van der Waals surface area contributed by atoms with E-state index in [0.29, 0.717) is 0 Å². The molecule has 0 bridgehead atoms. The zero-order chi connectivity index (χ0) is 22.2. The van der Waals surface area contributed by atoms with Crippen molar-refractivity contribution in [3.05, 3.63) is 90.5 Å². The van der Waals surface area contributed by atoms with Crippen molar-refractivity contribution in [3.63, 3.8) is 0 Å². The summed E-state index contributed by atoms with van der Waals surface area (Å²) in [5, 5.41) is 9.37. The second-order valence-corrected chi connectivity index (χ2v) is 8.23. The maximum Gasteiger partial charge on any atom is 0.0401 e. The Bertz CT molecular complexity index is 790. The molecule has 31 heavy (non-hydrogen) atoms. The first kappa shape index (κ1) is 24.8. The number of nitrogens with zero attached hydrogens (tertiary/aromatic N) is 1. The zero-order valence-corrected chi connectivity index (χ0v) is 19.8. The van der Waals surface area contributed by atoms with Crippen molar-refractivity contribution in [1.29, 1.82) is 0 Å². The quantitative estimate of drug-likeness (QED) is 0.309. The van der Waals surface area contributed by atoms with Crippen molar-refractivity contribution >= 4 is 23.3 Å². The van der Waals surface area contributed by atoms with Crippen LogP contribution in [0.3, 0.4) is 0 Å². The Hall–Kier alpha value is -2.43. The van der Waals surface area contributed by atoms with Gasteiger partial charge in [0.15, 0.2) is 0 Å². The first-order valence-electron chi connectivity index (χ1n) is 11.3. The van der Waals surface area contributed by atoms with Crippen molar-refractivity contribution in [1.82, 2.24) is 0 Å². The SMILES string of the molecule is CCCCN(CCCC)c1cc(CNc2ccccc2)cc(SN)c1.c1ccccc1. The van der Waals surface area contributed by atoms with Gasteiger partial charge < -0.3 is 10.2 Å². The number of anilines is 2. The number of nitrogens with two attached hydrogens (primary N) is 1. The lowest BCUT2D eigenvalue weighted by molar-refractivity contribution is 0.677. The van der Waals surface area contributed by atoms with Gasteiger partial charge in [-0.3, -0.25) is 5.14 Å². The summed E-state index contributed by atoms with van der Waals surface area (Å²) in [7, 11) is 0. The van der Waals surface area contributed by atoms with Gasteiger partial charge >= 0.3 is 0 Å². The van der Waals surface area contributed by atoms with Crippen LogP contribution in [0.15, 0.2) is 89.8 Å². The molecule has 3 nitrogen and oxygen atoms in total. The predicted octanol–water partition coefficient (Wildman–Crippen LogP) is 7.36. The highest BCUT2D eigenvalue weighted by molar-refractivity contribution is 7.97. The smallest absolute Gasteiger partial charge is 0.0401 e. The molecule has 0 aromatic heterocycles. The summed E-state index contributed by atoms with van der Waals surface area (Å²) in [6, 6.07) is 29.0. The van der Waals surface area contributed by atoms with Crippen LogP contribution >= 0.6 is 11.9 Å². The number of nitrogens with one attached hydrogen (secondary N) is 1. The Labute approximate surface area is 193 Å². The molecule has 0 amide bonds.